The van der Waals surface area contributed by atoms with E-state index >= 15 is 0 Å². The molecular weight excluding hydrogens is 425 g/mol. The number of halogens is 3. The number of methoxy groups -OCH3 is 2. The molecule has 0 saturated heterocycles. The fourth-order valence-electron chi connectivity index (χ4n) is 2.40. The van der Waals surface area contributed by atoms with Crippen LogP contribution in [0.1, 0.15) is 0 Å². The Labute approximate surface area is 171 Å². The number of Topliss-reactive ketones (excluding diaryl/α,β-unsaturated/α-hetero) is 1. The van der Waals surface area contributed by atoms with Gasteiger partial charge in [0.1, 0.15) is 5.25 Å². The van der Waals surface area contributed by atoms with E-state index < -0.39 is 32.7 Å². The highest BCUT2D eigenvalue weighted by molar-refractivity contribution is 7.99. The lowest BCUT2D eigenvalue weighted by Gasteiger charge is -2.33. The number of hydrogen-bond acceptors (Lipinski definition) is 7. The molecule has 0 bridgehead atoms. The third-order valence-electron chi connectivity index (χ3n) is 3.51. The van der Waals surface area contributed by atoms with Gasteiger partial charge < -0.3 is 14.4 Å². The molecule has 144 valence electrons. The largest absolute Gasteiger partial charge is 0.468 e. The average Bonchev–Trinajstić information content (AvgIpc) is 2.59. The number of rotatable bonds is 6. The highest BCUT2D eigenvalue weighted by Gasteiger charge is 2.43. The van der Waals surface area contributed by atoms with Gasteiger partial charge in [0.25, 0.3) is 3.79 Å². The second-order valence-electron chi connectivity index (χ2n) is 5.22. The summed E-state index contributed by atoms with van der Waals surface area (Å²) in [7, 11) is 4.15. The Morgan fingerprint density at radius 3 is 2.31 bits per heavy atom. The molecule has 0 amide bonds. The Kier molecular flexibility index (Phi) is 8.53. The van der Waals surface area contributed by atoms with Crippen LogP contribution in [0.4, 0.5) is 0 Å². The van der Waals surface area contributed by atoms with E-state index in [0.29, 0.717) is 5.57 Å². The standard InChI is InChI=1S/C16H18Cl3NO5S/c1-20-7-9(5-6-11(21)24-2)12(13(26-4)15(23)25-3)10(8-20)14(22)16(17,18)19/h5-8,12-13H,1-4H3/b6-5+. The topological polar surface area (TPSA) is 72.9 Å². The fraction of sp³-hybridized carbons (Fsp3) is 0.438. The molecule has 0 aromatic carbocycles. The van der Waals surface area contributed by atoms with Crippen LogP contribution in [0.15, 0.2) is 35.7 Å². The molecule has 2 unspecified atom stereocenters. The maximum absolute atomic E-state index is 12.7. The van der Waals surface area contributed by atoms with E-state index in [0.717, 1.165) is 0 Å². The first kappa shape index (κ1) is 22.9. The second kappa shape index (κ2) is 9.69. The molecule has 0 radical (unpaired) electrons. The summed E-state index contributed by atoms with van der Waals surface area (Å²) in [5, 5.41) is -0.787. The Balaban J connectivity index is 3.47. The Bertz CT molecular complexity index is 669. The van der Waals surface area contributed by atoms with Crippen molar-refractivity contribution >= 4 is 64.3 Å². The molecule has 0 saturated carbocycles. The van der Waals surface area contributed by atoms with Gasteiger partial charge in [0.05, 0.1) is 14.2 Å². The van der Waals surface area contributed by atoms with Gasteiger partial charge in [-0.3, -0.25) is 9.59 Å². The molecule has 0 N–H and O–H groups in total. The van der Waals surface area contributed by atoms with E-state index in [2.05, 4.69) is 4.74 Å². The zero-order valence-corrected chi connectivity index (χ0v) is 17.6. The number of carbonyl (C=O) groups excluding carboxylic acids is 3. The van der Waals surface area contributed by atoms with Gasteiger partial charge in [-0.2, -0.15) is 0 Å². The summed E-state index contributed by atoms with van der Waals surface area (Å²) >= 11 is 18.5. The number of ether oxygens (including phenoxy) is 2. The average molecular weight is 443 g/mol. The summed E-state index contributed by atoms with van der Waals surface area (Å²) in [4.78, 5) is 37.9. The van der Waals surface area contributed by atoms with Crippen LogP contribution in [0.3, 0.4) is 0 Å². The third-order valence-corrected chi connectivity index (χ3v) is 5.00. The number of thioether (sulfide) groups is 1. The summed E-state index contributed by atoms with van der Waals surface area (Å²) < 4.78 is 7.22. The van der Waals surface area contributed by atoms with Crippen molar-refractivity contribution in [2.24, 2.45) is 5.92 Å². The first-order valence-electron chi connectivity index (χ1n) is 7.20. The van der Waals surface area contributed by atoms with Gasteiger partial charge in [0.2, 0.25) is 5.78 Å². The lowest BCUT2D eigenvalue weighted by Crippen LogP contribution is -2.38. The van der Waals surface area contributed by atoms with Crippen molar-refractivity contribution in [2.75, 3.05) is 27.5 Å². The van der Waals surface area contributed by atoms with E-state index in [-0.39, 0.29) is 5.57 Å². The number of nitrogens with zero attached hydrogens (tertiary/aromatic N) is 1. The summed E-state index contributed by atoms with van der Waals surface area (Å²) in [5.74, 6) is -2.68. The van der Waals surface area contributed by atoms with Gasteiger partial charge in [-0.05, 0) is 17.9 Å². The van der Waals surface area contributed by atoms with E-state index in [1.807, 2.05) is 0 Å². The first-order chi connectivity index (χ1) is 12.1. The highest BCUT2D eigenvalue weighted by atomic mass is 35.6. The van der Waals surface area contributed by atoms with E-state index in [1.54, 1.807) is 24.4 Å². The predicted octanol–water partition coefficient (Wildman–Crippen LogP) is 2.89. The van der Waals surface area contributed by atoms with Crippen LogP contribution in [-0.2, 0) is 23.9 Å². The van der Waals surface area contributed by atoms with Crippen molar-refractivity contribution in [3.05, 3.63) is 35.7 Å². The quantitative estimate of drug-likeness (QED) is 0.356. The minimum atomic E-state index is -2.20. The molecule has 26 heavy (non-hydrogen) atoms. The number of hydrogen-bond donors (Lipinski definition) is 0. The minimum Gasteiger partial charge on any atom is -0.468 e. The van der Waals surface area contributed by atoms with E-state index in [1.165, 1.54) is 44.3 Å². The van der Waals surface area contributed by atoms with Crippen molar-refractivity contribution in [1.29, 1.82) is 0 Å². The number of alkyl halides is 3. The van der Waals surface area contributed by atoms with Crippen LogP contribution >= 0.6 is 46.6 Å². The molecule has 0 aromatic rings. The van der Waals surface area contributed by atoms with Crippen LogP contribution in [0.25, 0.3) is 0 Å². The van der Waals surface area contributed by atoms with Crippen LogP contribution in [0.2, 0.25) is 0 Å². The molecule has 0 fully saturated rings. The lowest BCUT2D eigenvalue weighted by atomic mass is 9.84. The normalized spacial score (nSPS) is 18.9. The maximum atomic E-state index is 12.7. The minimum absolute atomic E-state index is 0.115. The number of esters is 2. The SMILES string of the molecule is COC(=O)/C=C/C1=CN(C)C=C(C(=O)C(Cl)(Cl)Cl)C1C(SC)C(=O)OC. The summed E-state index contributed by atoms with van der Waals surface area (Å²) in [5.41, 5.74) is 0.604. The van der Waals surface area contributed by atoms with Gasteiger partial charge in [-0.15, -0.1) is 11.8 Å². The Morgan fingerprint density at radius 1 is 1.23 bits per heavy atom. The van der Waals surface area contributed by atoms with Gasteiger partial charge in [-0.1, -0.05) is 34.8 Å². The smallest absolute Gasteiger partial charge is 0.330 e. The molecule has 0 spiro atoms. The van der Waals surface area contributed by atoms with Crippen molar-refractivity contribution in [1.82, 2.24) is 4.90 Å². The third kappa shape index (κ3) is 5.67. The molecule has 1 rings (SSSR count). The molecule has 0 aliphatic carbocycles. The monoisotopic (exact) mass is 441 g/mol. The zero-order chi connectivity index (χ0) is 20.1. The summed E-state index contributed by atoms with van der Waals surface area (Å²) in [6, 6.07) is 0. The van der Waals surface area contributed by atoms with Gasteiger partial charge in [0.15, 0.2) is 0 Å². The highest BCUT2D eigenvalue weighted by Crippen LogP contribution is 2.40. The molecule has 1 aliphatic heterocycles. The van der Waals surface area contributed by atoms with Crippen LogP contribution < -0.4 is 0 Å². The molecule has 1 heterocycles. The maximum Gasteiger partial charge on any atom is 0.330 e. The first-order valence-corrected chi connectivity index (χ1v) is 9.62. The molecule has 1 aliphatic rings. The van der Waals surface area contributed by atoms with E-state index in [9.17, 15) is 14.4 Å². The zero-order valence-electron chi connectivity index (χ0n) is 14.5. The summed E-state index contributed by atoms with van der Waals surface area (Å²) in [6.07, 6.45) is 7.48. The Morgan fingerprint density at radius 2 is 1.85 bits per heavy atom. The van der Waals surface area contributed by atoms with Crippen molar-refractivity contribution in [2.45, 2.75) is 9.04 Å². The van der Waals surface area contributed by atoms with E-state index in [4.69, 9.17) is 39.5 Å². The van der Waals surface area contributed by atoms with Crippen LogP contribution in [0.5, 0.6) is 0 Å². The van der Waals surface area contributed by atoms with Gasteiger partial charge in [-0.25, -0.2) is 4.79 Å². The number of allylic oxidation sites excluding steroid dienone is 3. The lowest BCUT2D eigenvalue weighted by molar-refractivity contribution is -0.140. The van der Waals surface area contributed by atoms with Gasteiger partial charge >= 0.3 is 11.9 Å². The molecule has 10 heteroatoms. The summed E-state index contributed by atoms with van der Waals surface area (Å²) in [6.45, 7) is 0. The predicted molar refractivity (Wildman–Crippen MR) is 103 cm³/mol. The van der Waals surface area contributed by atoms with Crippen molar-refractivity contribution < 1.29 is 23.9 Å². The molecule has 0 aromatic heterocycles. The van der Waals surface area contributed by atoms with Gasteiger partial charge in [0, 0.05) is 37.0 Å². The van der Waals surface area contributed by atoms with Crippen molar-refractivity contribution in [3.8, 4) is 0 Å². The Hall–Kier alpha value is -1.15. The number of carbonyl (C=O) groups is 3. The van der Waals surface area contributed by atoms with Crippen LogP contribution in [0, 0.1) is 5.92 Å². The number of ketones is 1. The molecule has 6 nitrogen and oxygen atoms in total. The van der Waals surface area contributed by atoms with Crippen LogP contribution in [-0.4, -0.2) is 59.2 Å². The molecular formula is C16H18Cl3NO5S. The second-order valence-corrected chi connectivity index (χ2v) is 8.48. The van der Waals surface area contributed by atoms with Crippen molar-refractivity contribution in [3.63, 3.8) is 0 Å². The fourth-order valence-corrected chi connectivity index (χ4v) is 3.59. The molecule has 2 atom stereocenters.